The maximum absolute atomic E-state index is 12.3. The van der Waals surface area contributed by atoms with E-state index in [2.05, 4.69) is 15.5 Å². The highest BCUT2D eigenvalue weighted by atomic mass is 35.5. The minimum absolute atomic E-state index is 0.104. The molecule has 6 nitrogen and oxygen atoms in total. The average molecular weight is 390 g/mol. The first kappa shape index (κ1) is 16.9. The van der Waals surface area contributed by atoms with E-state index in [9.17, 15) is 4.79 Å². The Labute approximate surface area is 159 Å². The van der Waals surface area contributed by atoms with Crippen molar-refractivity contribution in [3.63, 3.8) is 0 Å². The molecule has 0 aliphatic carbocycles. The van der Waals surface area contributed by atoms with Crippen LogP contribution in [0, 0.1) is 0 Å². The van der Waals surface area contributed by atoms with Gasteiger partial charge in [0.25, 0.3) is 5.91 Å². The van der Waals surface area contributed by atoms with Crippen LogP contribution in [-0.2, 0) is 17.8 Å². The second-order valence-electron chi connectivity index (χ2n) is 5.77. The normalized spacial score (nSPS) is 15.4. The summed E-state index contributed by atoms with van der Waals surface area (Å²) in [5, 5.41) is 7.79. The molecule has 8 heteroatoms. The number of nitrogens with zero attached hydrogens (tertiary/aromatic N) is 2. The van der Waals surface area contributed by atoms with Crippen LogP contribution in [0.1, 0.15) is 11.5 Å². The number of carbonyl (C=O) groups is 1. The van der Waals surface area contributed by atoms with Gasteiger partial charge in [0.1, 0.15) is 5.75 Å². The fraction of sp³-hybridized carbons (Fsp3) is 0.167. The van der Waals surface area contributed by atoms with Gasteiger partial charge in [-0.1, -0.05) is 40.5 Å². The summed E-state index contributed by atoms with van der Waals surface area (Å²) in [6.07, 6.45) is -0.134. The zero-order chi connectivity index (χ0) is 18.1. The number of ether oxygens (including phenoxy) is 1. The lowest BCUT2D eigenvalue weighted by Crippen LogP contribution is -2.37. The molecule has 0 fully saturated rings. The molecule has 2 heterocycles. The third-order valence-corrected chi connectivity index (χ3v) is 4.55. The molecule has 0 radical (unpaired) electrons. The maximum atomic E-state index is 12.3. The topological polar surface area (TPSA) is 77.3 Å². The Morgan fingerprint density at radius 2 is 2.08 bits per heavy atom. The number of rotatable bonds is 4. The van der Waals surface area contributed by atoms with Crippen molar-refractivity contribution in [3.8, 4) is 17.1 Å². The van der Waals surface area contributed by atoms with Gasteiger partial charge in [-0.2, -0.15) is 4.98 Å². The standard InChI is InChI=1S/C18H13Cl2N3O3/c19-11-5-6-14-10(7-11)8-15(25-14)18(24)21-9-16-22-17(23-26-16)12-3-1-2-4-13(12)20/h1-7,15H,8-9H2,(H,21,24). The Morgan fingerprint density at radius 3 is 2.92 bits per heavy atom. The third kappa shape index (κ3) is 3.38. The van der Waals surface area contributed by atoms with E-state index in [1.165, 1.54) is 0 Å². The van der Waals surface area contributed by atoms with Crippen molar-refractivity contribution in [2.75, 3.05) is 0 Å². The zero-order valence-corrected chi connectivity index (χ0v) is 14.9. The highest BCUT2D eigenvalue weighted by molar-refractivity contribution is 6.33. The Morgan fingerprint density at radius 1 is 1.23 bits per heavy atom. The van der Waals surface area contributed by atoms with Gasteiger partial charge in [0, 0.05) is 17.0 Å². The van der Waals surface area contributed by atoms with Crippen LogP contribution >= 0.6 is 23.2 Å². The fourth-order valence-electron chi connectivity index (χ4n) is 2.72. The molecule has 4 rings (SSSR count). The summed E-state index contributed by atoms with van der Waals surface area (Å²) in [5.41, 5.74) is 1.58. The van der Waals surface area contributed by atoms with Crippen LogP contribution in [0.5, 0.6) is 5.75 Å². The molecule has 1 aliphatic heterocycles. The molecule has 1 atom stereocenters. The molecule has 0 spiro atoms. The predicted molar refractivity (Wildman–Crippen MR) is 96.2 cm³/mol. The molecular formula is C18H13Cl2N3O3. The van der Waals surface area contributed by atoms with E-state index >= 15 is 0 Å². The SMILES string of the molecule is O=C(NCc1nc(-c2ccccc2Cl)no1)C1Cc2cc(Cl)ccc2O1. The molecule has 1 aromatic heterocycles. The van der Waals surface area contributed by atoms with Crippen LogP contribution in [0.3, 0.4) is 0 Å². The molecule has 1 N–H and O–H groups in total. The van der Waals surface area contributed by atoms with E-state index in [1.807, 2.05) is 12.1 Å². The van der Waals surface area contributed by atoms with Gasteiger partial charge in [-0.15, -0.1) is 0 Å². The molecule has 1 aliphatic rings. The molecule has 2 aromatic carbocycles. The molecule has 1 unspecified atom stereocenters. The minimum atomic E-state index is -0.602. The highest BCUT2D eigenvalue weighted by Crippen LogP contribution is 2.31. The van der Waals surface area contributed by atoms with Gasteiger partial charge in [-0.3, -0.25) is 4.79 Å². The van der Waals surface area contributed by atoms with Crippen molar-refractivity contribution in [2.24, 2.45) is 0 Å². The van der Waals surface area contributed by atoms with E-state index in [4.69, 9.17) is 32.5 Å². The molecular weight excluding hydrogens is 377 g/mol. The molecule has 3 aromatic rings. The Kier molecular flexibility index (Phi) is 4.53. The van der Waals surface area contributed by atoms with Crippen molar-refractivity contribution < 1.29 is 14.1 Å². The summed E-state index contributed by atoms with van der Waals surface area (Å²) in [6.45, 7) is 0.104. The average Bonchev–Trinajstić information content (AvgIpc) is 3.26. The fourth-order valence-corrected chi connectivity index (χ4v) is 3.13. The molecule has 1 amide bonds. The molecule has 0 bridgehead atoms. The van der Waals surface area contributed by atoms with Crippen molar-refractivity contribution >= 4 is 29.1 Å². The van der Waals surface area contributed by atoms with Crippen LogP contribution < -0.4 is 10.1 Å². The first-order valence-corrected chi connectivity index (χ1v) is 8.66. The smallest absolute Gasteiger partial charge is 0.261 e. The number of fused-ring (bicyclic) bond motifs is 1. The number of hydrogen-bond acceptors (Lipinski definition) is 5. The Hall–Kier alpha value is -2.57. The van der Waals surface area contributed by atoms with Gasteiger partial charge in [0.2, 0.25) is 11.7 Å². The first-order valence-electron chi connectivity index (χ1n) is 7.90. The van der Waals surface area contributed by atoms with Crippen molar-refractivity contribution in [1.29, 1.82) is 0 Å². The summed E-state index contributed by atoms with van der Waals surface area (Å²) < 4.78 is 10.8. The van der Waals surface area contributed by atoms with Gasteiger partial charge >= 0.3 is 0 Å². The van der Waals surface area contributed by atoms with Gasteiger partial charge in [-0.25, -0.2) is 0 Å². The number of hydrogen-bond donors (Lipinski definition) is 1. The van der Waals surface area contributed by atoms with Crippen molar-refractivity contribution in [1.82, 2.24) is 15.5 Å². The van der Waals surface area contributed by atoms with Crippen LogP contribution in [0.25, 0.3) is 11.4 Å². The number of benzene rings is 2. The highest BCUT2D eigenvalue weighted by Gasteiger charge is 2.29. The summed E-state index contributed by atoms with van der Waals surface area (Å²) in [5.74, 6) is 1.08. The number of aromatic nitrogens is 2. The first-order chi connectivity index (χ1) is 12.6. The molecule has 26 heavy (non-hydrogen) atoms. The van der Waals surface area contributed by atoms with Crippen LogP contribution in [0.4, 0.5) is 0 Å². The van der Waals surface area contributed by atoms with Crippen molar-refractivity contribution in [2.45, 2.75) is 19.1 Å². The number of halogens is 2. The number of amides is 1. The van der Waals surface area contributed by atoms with E-state index in [0.717, 1.165) is 5.56 Å². The lowest BCUT2D eigenvalue weighted by Gasteiger charge is -2.09. The van der Waals surface area contributed by atoms with Crippen LogP contribution in [0.2, 0.25) is 10.0 Å². The molecule has 132 valence electrons. The van der Waals surface area contributed by atoms with E-state index in [0.29, 0.717) is 33.6 Å². The number of carbonyl (C=O) groups excluding carboxylic acids is 1. The van der Waals surface area contributed by atoms with Crippen molar-refractivity contribution in [3.05, 3.63) is 64.0 Å². The van der Waals surface area contributed by atoms with Gasteiger partial charge in [0.15, 0.2) is 6.10 Å². The minimum Gasteiger partial charge on any atom is -0.480 e. The summed E-state index contributed by atoms with van der Waals surface area (Å²) in [4.78, 5) is 16.6. The van der Waals surface area contributed by atoms with Crippen LogP contribution in [-0.4, -0.2) is 22.2 Å². The predicted octanol–water partition coefficient (Wildman–Crippen LogP) is 3.66. The Balaban J connectivity index is 1.38. The van der Waals surface area contributed by atoms with Gasteiger partial charge in [-0.05, 0) is 35.9 Å². The van der Waals surface area contributed by atoms with E-state index in [1.54, 1.807) is 30.3 Å². The maximum Gasteiger partial charge on any atom is 0.261 e. The lowest BCUT2D eigenvalue weighted by molar-refractivity contribution is -0.127. The zero-order valence-electron chi connectivity index (χ0n) is 13.4. The Bertz CT molecular complexity index is 974. The summed E-state index contributed by atoms with van der Waals surface area (Å²) in [6, 6.07) is 12.5. The molecule has 0 saturated heterocycles. The van der Waals surface area contributed by atoms with E-state index < -0.39 is 6.10 Å². The second kappa shape index (κ2) is 6.97. The lowest BCUT2D eigenvalue weighted by atomic mass is 10.1. The summed E-state index contributed by atoms with van der Waals surface area (Å²) >= 11 is 12.1. The molecule has 0 saturated carbocycles. The van der Waals surface area contributed by atoms with E-state index in [-0.39, 0.29) is 18.3 Å². The van der Waals surface area contributed by atoms with Gasteiger partial charge < -0.3 is 14.6 Å². The third-order valence-electron chi connectivity index (χ3n) is 3.99. The number of nitrogens with one attached hydrogen (secondary N) is 1. The largest absolute Gasteiger partial charge is 0.480 e. The van der Waals surface area contributed by atoms with Crippen LogP contribution in [0.15, 0.2) is 47.0 Å². The van der Waals surface area contributed by atoms with Gasteiger partial charge in [0.05, 0.1) is 11.6 Å². The summed E-state index contributed by atoms with van der Waals surface area (Å²) in [7, 11) is 0. The second-order valence-corrected chi connectivity index (χ2v) is 6.62. The monoisotopic (exact) mass is 389 g/mol. The quantitative estimate of drug-likeness (QED) is 0.736.